The fraction of sp³-hybridized carbons (Fsp3) is 0.350. The number of nitrogens with zero attached hydrogens (tertiary/aromatic N) is 1. The Morgan fingerprint density at radius 1 is 1.27 bits per heavy atom. The van der Waals surface area contributed by atoms with Crippen LogP contribution in [0.25, 0.3) is 0 Å². The standard InChI is InChI=1S/C20H20BrClFNO2/c1-20(2,3)26-19(25)24-17(12-4-7-14(22)8-5-12)9-6-13-10-15(21)16(23)11-18(13)24/h4-5,7-8,10-11,17H,6,9H2,1-3H3. The first kappa shape index (κ1) is 19.2. The first-order valence-corrected chi connectivity index (χ1v) is 9.58. The van der Waals surface area contributed by atoms with E-state index < -0.39 is 17.5 Å². The Labute approximate surface area is 166 Å². The van der Waals surface area contributed by atoms with Gasteiger partial charge in [-0.15, -0.1) is 0 Å². The lowest BCUT2D eigenvalue weighted by molar-refractivity contribution is 0.0560. The number of hydrogen-bond acceptors (Lipinski definition) is 2. The van der Waals surface area contributed by atoms with Crippen molar-refractivity contribution in [3.05, 3.63) is 62.8 Å². The number of rotatable bonds is 1. The van der Waals surface area contributed by atoms with Gasteiger partial charge in [-0.3, -0.25) is 4.90 Å². The Bertz CT molecular complexity index is 833. The SMILES string of the molecule is CC(C)(C)OC(=O)N1c2cc(F)c(Br)cc2CCC1c1ccc(Cl)cc1. The Balaban J connectivity index is 2.08. The molecule has 1 amide bonds. The molecule has 6 heteroatoms. The van der Waals surface area contributed by atoms with Crippen LogP contribution in [-0.4, -0.2) is 11.7 Å². The van der Waals surface area contributed by atoms with E-state index in [0.717, 1.165) is 17.5 Å². The Morgan fingerprint density at radius 3 is 2.54 bits per heavy atom. The van der Waals surface area contributed by atoms with Crippen molar-refractivity contribution in [3.63, 3.8) is 0 Å². The predicted octanol–water partition coefficient (Wildman–Crippen LogP) is 6.67. The van der Waals surface area contributed by atoms with Crippen molar-refractivity contribution in [2.24, 2.45) is 0 Å². The number of aryl methyl sites for hydroxylation is 1. The number of halogens is 3. The van der Waals surface area contributed by atoms with Gasteiger partial charge in [-0.25, -0.2) is 9.18 Å². The van der Waals surface area contributed by atoms with Crippen molar-refractivity contribution in [3.8, 4) is 0 Å². The van der Waals surface area contributed by atoms with Gasteiger partial charge in [0, 0.05) is 5.02 Å². The zero-order chi connectivity index (χ0) is 19.1. The third kappa shape index (κ3) is 4.04. The van der Waals surface area contributed by atoms with E-state index >= 15 is 0 Å². The van der Waals surface area contributed by atoms with Crippen molar-refractivity contribution in [1.82, 2.24) is 0 Å². The molecule has 138 valence electrons. The minimum absolute atomic E-state index is 0.241. The maximum absolute atomic E-state index is 14.2. The van der Waals surface area contributed by atoms with E-state index in [4.69, 9.17) is 16.3 Å². The predicted molar refractivity (Wildman–Crippen MR) is 105 cm³/mol. The summed E-state index contributed by atoms with van der Waals surface area (Å²) in [6.45, 7) is 5.44. The summed E-state index contributed by atoms with van der Waals surface area (Å²) in [5.74, 6) is -0.408. The largest absolute Gasteiger partial charge is 0.443 e. The van der Waals surface area contributed by atoms with E-state index in [0.29, 0.717) is 21.6 Å². The average molecular weight is 441 g/mol. The van der Waals surface area contributed by atoms with Crippen LogP contribution in [0.2, 0.25) is 5.02 Å². The maximum Gasteiger partial charge on any atom is 0.415 e. The second kappa shape index (κ2) is 7.20. The zero-order valence-corrected chi connectivity index (χ0v) is 17.2. The molecule has 1 atom stereocenters. The van der Waals surface area contributed by atoms with Gasteiger partial charge < -0.3 is 4.74 Å². The van der Waals surface area contributed by atoms with E-state index in [1.807, 2.05) is 32.9 Å². The smallest absolute Gasteiger partial charge is 0.415 e. The molecule has 0 bridgehead atoms. The maximum atomic E-state index is 14.2. The lowest BCUT2D eigenvalue weighted by Gasteiger charge is -2.38. The molecule has 0 spiro atoms. The van der Waals surface area contributed by atoms with Crippen LogP contribution >= 0.6 is 27.5 Å². The molecule has 26 heavy (non-hydrogen) atoms. The molecule has 2 aromatic carbocycles. The topological polar surface area (TPSA) is 29.5 Å². The zero-order valence-electron chi connectivity index (χ0n) is 14.9. The van der Waals surface area contributed by atoms with Crippen molar-refractivity contribution in [1.29, 1.82) is 0 Å². The first-order chi connectivity index (χ1) is 12.2. The van der Waals surface area contributed by atoms with Crippen LogP contribution < -0.4 is 4.90 Å². The van der Waals surface area contributed by atoms with E-state index in [1.54, 1.807) is 23.1 Å². The van der Waals surface area contributed by atoms with Crippen molar-refractivity contribution >= 4 is 39.3 Å². The summed E-state index contributed by atoms with van der Waals surface area (Å²) in [7, 11) is 0. The normalized spacial score (nSPS) is 17.0. The highest BCUT2D eigenvalue weighted by molar-refractivity contribution is 9.10. The van der Waals surface area contributed by atoms with Gasteiger partial charge in [0.1, 0.15) is 11.4 Å². The third-order valence-corrected chi connectivity index (χ3v) is 5.08. The van der Waals surface area contributed by atoms with E-state index in [9.17, 15) is 9.18 Å². The average Bonchev–Trinajstić information content (AvgIpc) is 2.54. The number of amides is 1. The number of ether oxygens (including phenoxy) is 1. The number of fused-ring (bicyclic) bond motifs is 1. The van der Waals surface area contributed by atoms with Crippen LogP contribution in [0.3, 0.4) is 0 Å². The first-order valence-electron chi connectivity index (χ1n) is 8.41. The molecular weight excluding hydrogens is 421 g/mol. The molecule has 0 fully saturated rings. The fourth-order valence-electron chi connectivity index (χ4n) is 3.13. The van der Waals surface area contributed by atoms with E-state index in [-0.39, 0.29) is 6.04 Å². The molecule has 1 aliphatic rings. The Kier molecular flexibility index (Phi) is 5.31. The van der Waals surface area contributed by atoms with Crippen LogP contribution in [0, 0.1) is 5.82 Å². The number of carbonyl (C=O) groups excluding carboxylic acids is 1. The van der Waals surface area contributed by atoms with Gasteiger partial charge in [0.25, 0.3) is 0 Å². The quantitative estimate of drug-likeness (QED) is 0.495. The molecule has 0 aliphatic carbocycles. The minimum Gasteiger partial charge on any atom is -0.443 e. The van der Waals surface area contributed by atoms with Gasteiger partial charge in [-0.05, 0) is 84.9 Å². The van der Waals surface area contributed by atoms with Crippen LogP contribution in [0.4, 0.5) is 14.9 Å². The molecule has 0 saturated heterocycles. The summed E-state index contributed by atoms with van der Waals surface area (Å²) in [4.78, 5) is 14.5. The van der Waals surface area contributed by atoms with Crippen LogP contribution in [0.1, 0.15) is 44.4 Å². The van der Waals surface area contributed by atoms with Gasteiger partial charge in [-0.1, -0.05) is 23.7 Å². The lowest BCUT2D eigenvalue weighted by atomic mass is 9.91. The minimum atomic E-state index is -0.646. The van der Waals surface area contributed by atoms with Crippen molar-refractivity contribution in [2.75, 3.05) is 4.90 Å². The summed E-state index contributed by atoms with van der Waals surface area (Å²) < 4.78 is 20.2. The summed E-state index contributed by atoms with van der Waals surface area (Å²) in [6, 6.07) is 10.3. The number of hydrogen-bond donors (Lipinski definition) is 0. The number of anilines is 1. The molecule has 1 aliphatic heterocycles. The van der Waals surface area contributed by atoms with Crippen molar-refractivity contribution in [2.45, 2.75) is 45.3 Å². The Morgan fingerprint density at radius 2 is 1.92 bits per heavy atom. The highest BCUT2D eigenvalue weighted by Gasteiger charge is 2.35. The molecule has 0 radical (unpaired) electrons. The molecule has 0 N–H and O–H groups in total. The van der Waals surface area contributed by atoms with Crippen LogP contribution in [0.15, 0.2) is 40.9 Å². The van der Waals surface area contributed by atoms with Crippen LogP contribution in [0.5, 0.6) is 0 Å². The third-order valence-electron chi connectivity index (χ3n) is 4.22. The monoisotopic (exact) mass is 439 g/mol. The van der Waals surface area contributed by atoms with Crippen LogP contribution in [-0.2, 0) is 11.2 Å². The molecular formula is C20H20BrClFNO2. The highest BCUT2D eigenvalue weighted by Crippen LogP contribution is 2.41. The van der Waals surface area contributed by atoms with Crippen molar-refractivity contribution < 1.29 is 13.9 Å². The molecule has 3 nitrogen and oxygen atoms in total. The molecule has 1 unspecified atom stereocenters. The Hall–Kier alpha value is -1.59. The second-order valence-corrected chi connectivity index (χ2v) is 8.64. The van der Waals surface area contributed by atoms with Gasteiger partial charge in [0.2, 0.25) is 0 Å². The number of carbonyl (C=O) groups is 1. The fourth-order valence-corrected chi connectivity index (χ4v) is 3.65. The molecule has 2 aromatic rings. The second-order valence-electron chi connectivity index (χ2n) is 7.35. The van der Waals surface area contributed by atoms with Gasteiger partial charge >= 0.3 is 6.09 Å². The summed E-state index contributed by atoms with van der Waals surface area (Å²) in [5, 5.41) is 0.628. The molecule has 1 heterocycles. The van der Waals surface area contributed by atoms with Gasteiger partial charge in [0.05, 0.1) is 16.2 Å². The van der Waals surface area contributed by atoms with Gasteiger partial charge in [0.15, 0.2) is 0 Å². The summed E-state index contributed by atoms with van der Waals surface area (Å²) in [6.07, 6.45) is 0.965. The molecule has 0 saturated carbocycles. The van der Waals surface area contributed by atoms with Gasteiger partial charge in [-0.2, -0.15) is 0 Å². The van der Waals surface area contributed by atoms with E-state index in [2.05, 4.69) is 15.9 Å². The molecule has 0 aromatic heterocycles. The highest BCUT2D eigenvalue weighted by atomic mass is 79.9. The summed E-state index contributed by atoms with van der Waals surface area (Å²) in [5.41, 5.74) is 1.75. The summed E-state index contributed by atoms with van der Waals surface area (Å²) >= 11 is 9.22. The molecule has 3 rings (SSSR count). The van der Waals surface area contributed by atoms with E-state index in [1.165, 1.54) is 6.07 Å². The number of benzene rings is 2. The lowest BCUT2D eigenvalue weighted by Crippen LogP contribution is -2.42.